The van der Waals surface area contributed by atoms with E-state index in [0.717, 1.165) is 0 Å². The fourth-order valence-electron chi connectivity index (χ4n) is 1.14. The number of carbonyl (C=O) groups excluding carboxylic acids is 2. The average molecular weight is 334 g/mol. The van der Waals surface area contributed by atoms with Gasteiger partial charge in [0, 0.05) is 14.7 Å². The number of alkyl halides is 1. The Bertz CT molecular complexity index is 465. The van der Waals surface area contributed by atoms with Gasteiger partial charge in [-0.25, -0.2) is 0 Å². The van der Waals surface area contributed by atoms with Crippen molar-refractivity contribution >= 4 is 46.3 Å². The van der Waals surface area contributed by atoms with Crippen LogP contribution < -0.4 is 0 Å². The Morgan fingerprint density at radius 2 is 2.27 bits per heavy atom. The maximum absolute atomic E-state index is 11.4. The summed E-state index contributed by atoms with van der Waals surface area (Å²) in [6.45, 7) is 0. The lowest BCUT2D eigenvalue weighted by Crippen LogP contribution is -2.07. The Labute approximate surface area is 105 Å². The van der Waals surface area contributed by atoms with Crippen molar-refractivity contribution < 1.29 is 9.59 Å². The van der Waals surface area contributed by atoms with Crippen LogP contribution in [-0.2, 0) is 0 Å². The van der Waals surface area contributed by atoms with Crippen LogP contribution in [0.3, 0.4) is 0 Å². The van der Waals surface area contributed by atoms with Crippen LogP contribution in [0.15, 0.2) is 12.1 Å². The van der Waals surface area contributed by atoms with Crippen molar-refractivity contribution in [3.8, 4) is 6.07 Å². The number of Topliss-reactive ketones (excluding diaryl/α,β-unsaturated/α-hetero) is 1. The first kappa shape index (κ1) is 12.1. The largest absolute Gasteiger partial charge is 0.298 e. The molecule has 15 heavy (non-hydrogen) atoms. The Kier molecular flexibility index (Phi) is 4.24. The molecule has 0 N–H and O–H groups in total. The van der Waals surface area contributed by atoms with E-state index in [1.165, 1.54) is 6.07 Å². The second kappa shape index (κ2) is 5.24. The van der Waals surface area contributed by atoms with Gasteiger partial charge < -0.3 is 0 Å². The number of nitrogens with zero attached hydrogens (tertiary/aromatic N) is 1. The third-order valence-corrected chi connectivity index (χ3v) is 2.99. The van der Waals surface area contributed by atoms with E-state index in [9.17, 15) is 9.59 Å². The van der Waals surface area contributed by atoms with Crippen molar-refractivity contribution in [1.82, 2.24) is 0 Å². The first-order chi connectivity index (χ1) is 7.15. The molecule has 0 atom stereocenters. The van der Waals surface area contributed by atoms with Crippen molar-refractivity contribution in [3.05, 3.63) is 32.4 Å². The first-order valence-corrected chi connectivity index (χ1v) is 5.54. The quantitative estimate of drug-likeness (QED) is 0.369. The number of carbonyl (C=O) groups is 2. The topological polar surface area (TPSA) is 57.9 Å². The van der Waals surface area contributed by atoms with Gasteiger partial charge in [-0.2, -0.15) is 5.26 Å². The van der Waals surface area contributed by atoms with E-state index in [2.05, 4.69) is 0 Å². The number of benzene rings is 1. The fourth-order valence-corrected chi connectivity index (χ4v) is 1.88. The van der Waals surface area contributed by atoms with Crippen LogP contribution in [0.5, 0.6) is 0 Å². The molecule has 0 heterocycles. The van der Waals surface area contributed by atoms with Crippen LogP contribution >= 0.6 is 34.2 Å². The Balaban J connectivity index is 3.50. The van der Waals surface area contributed by atoms with Crippen LogP contribution in [-0.4, -0.2) is 17.9 Å². The highest BCUT2D eigenvalue weighted by atomic mass is 127. The third-order valence-electron chi connectivity index (χ3n) is 1.85. The first-order valence-electron chi connectivity index (χ1n) is 3.92. The molecule has 5 heteroatoms. The molecule has 0 saturated heterocycles. The van der Waals surface area contributed by atoms with Crippen molar-refractivity contribution in [2.24, 2.45) is 0 Å². The summed E-state index contributed by atoms with van der Waals surface area (Å²) in [4.78, 5) is 22.2. The zero-order chi connectivity index (χ0) is 11.4. The molecule has 0 fully saturated rings. The molecule has 0 aromatic heterocycles. The van der Waals surface area contributed by atoms with E-state index in [-0.39, 0.29) is 28.4 Å². The molecule has 0 amide bonds. The predicted octanol–water partition coefficient (Wildman–Crippen LogP) is 2.40. The second-order valence-electron chi connectivity index (χ2n) is 2.67. The summed E-state index contributed by atoms with van der Waals surface area (Å²) in [6.07, 6.45) is 0.514. The highest BCUT2D eigenvalue weighted by Crippen LogP contribution is 2.19. The van der Waals surface area contributed by atoms with Crippen molar-refractivity contribution in [1.29, 1.82) is 5.26 Å². The van der Waals surface area contributed by atoms with Crippen LogP contribution in [0.25, 0.3) is 0 Å². The normalized spacial score (nSPS) is 9.40. The number of nitriles is 1. The van der Waals surface area contributed by atoms with Gasteiger partial charge in [0.15, 0.2) is 12.1 Å². The standard InChI is InChI=1S/C10H5ClINO2/c11-3-10(15)6-1-2-9(12)7(4-13)8(6)5-14/h1-2,5H,3H2. The van der Waals surface area contributed by atoms with E-state index >= 15 is 0 Å². The molecule has 1 aromatic carbocycles. The minimum Gasteiger partial charge on any atom is -0.298 e. The Morgan fingerprint density at radius 3 is 2.73 bits per heavy atom. The van der Waals surface area contributed by atoms with Crippen molar-refractivity contribution in [2.75, 3.05) is 5.88 Å². The lowest BCUT2D eigenvalue weighted by atomic mass is 10.0. The molecule has 76 valence electrons. The number of hydrogen-bond acceptors (Lipinski definition) is 3. The molecule has 0 aliphatic rings. The van der Waals surface area contributed by atoms with Crippen molar-refractivity contribution in [2.45, 2.75) is 0 Å². The third kappa shape index (κ3) is 2.36. The molecule has 0 spiro atoms. The van der Waals surface area contributed by atoms with Crippen LogP contribution in [0.1, 0.15) is 26.3 Å². The molecule has 1 rings (SSSR count). The molecule has 0 aliphatic heterocycles. The van der Waals surface area contributed by atoms with E-state index < -0.39 is 0 Å². The Morgan fingerprint density at radius 1 is 1.60 bits per heavy atom. The molecular weight excluding hydrogens is 328 g/mol. The molecule has 1 aromatic rings. The number of aldehydes is 1. The van der Waals surface area contributed by atoms with E-state index in [4.69, 9.17) is 16.9 Å². The summed E-state index contributed by atoms with van der Waals surface area (Å²) in [7, 11) is 0. The van der Waals surface area contributed by atoms with Crippen LogP contribution in [0, 0.1) is 14.9 Å². The zero-order valence-corrected chi connectivity index (χ0v) is 10.4. The van der Waals surface area contributed by atoms with Crippen LogP contribution in [0.2, 0.25) is 0 Å². The SMILES string of the molecule is N#Cc1c(I)ccc(C(=O)CCl)c1C=O. The monoisotopic (exact) mass is 333 g/mol. The van der Waals surface area contributed by atoms with Gasteiger partial charge in [0.2, 0.25) is 0 Å². The van der Waals surface area contributed by atoms with Crippen LogP contribution in [0.4, 0.5) is 0 Å². The minimum absolute atomic E-state index is 0.120. The van der Waals surface area contributed by atoms with Gasteiger partial charge in [-0.3, -0.25) is 9.59 Å². The molecule has 0 aliphatic carbocycles. The Hall–Kier alpha value is -0.930. The van der Waals surface area contributed by atoms with Gasteiger partial charge in [-0.05, 0) is 34.7 Å². The summed E-state index contributed by atoms with van der Waals surface area (Å²) < 4.78 is 0.642. The number of ketones is 1. The minimum atomic E-state index is -0.355. The van der Waals surface area contributed by atoms with Gasteiger partial charge in [0.05, 0.1) is 11.4 Å². The summed E-state index contributed by atoms with van der Waals surface area (Å²) in [5.41, 5.74) is 0.550. The molecule has 3 nitrogen and oxygen atoms in total. The highest BCUT2D eigenvalue weighted by molar-refractivity contribution is 14.1. The molecule has 0 saturated carbocycles. The average Bonchev–Trinajstić information content (AvgIpc) is 2.27. The number of rotatable bonds is 3. The predicted molar refractivity (Wildman–Crippen MR) is 64.3 cm³/mol. The molecule has 0 bridgehead atoms. The number of halogens is 2. The second-order valence-corrected chi connectivity index (χ2v) is 4.10. The van der Waals surface area contributed by atoms with E-state index in [1.807, 2.05) is 28.7 Å². The van der Waals surface area contributed by atoms with Gasteiger partial charge >= 0.3 is 0 Å². The smallest absolute Gasteiger partial charge is 0.178 e. The van der Waals surface area contributed by atoms with E-state index in [0.29, 0.717) is 9.86 Å². The lowest BCUT2D eigenvalue weighted by Gasteiger charge is -2.04. The van der Waals surface area contributed by atoms with Gasteiger partial charge in [0.25, 0.3) is 0 Å². The summed E-state index contributed by atoms with van der Waals surface area (Å²) in [6, 6.07) is 5.03. The number of hydrogen-bond donors (Lipinski definition) is 0. The zero-order valence-electron chi connectivity index (χ0n) is 7.46. The van der Waals surface area contributed by atoms with Gasteiger partial charge in [-0.1, -0.05) is 0 Å². The van der Waals surface area contributed by atoms with Gasteiger partial charge in [0.1, 0.15) is 6.07 Å². The highest BCUT2D eigenvalue weighted by Gasteiger charge is 2.15. The lowest BCUT2D eigenvalue weighted by molar-refractivity contribution is 0.101. The fraction of sp³-hybridized carbons (Fsp3) is 0.100. The summed E-state index contributed by atoms with van der Waals surface area (Å²) in [5, 5.41) is 8.85. The van der Waals surface area contributed by atoms with E-state index in [1.54, 1.807) is 6.07 Å². The van der Waals surface area contributed by atoms with Gasteiger partial charge in [-0.15, -0.1) is 11.6 Å². The maximum atomic E-state index is 11.4. The molecular formula is C10H5ClINO2. The molecule has 0 radical (unpaired) electrons. The van der Waals surface area contributed by atoms with Crippen molar-refractivity contribution in [3.63, 3.8) is 0 Å². The maximum Gasteiger partial charge on any atom is 0.178 e. The molecule has 0 unspecified atom stereocenters. The summed E-state index contributed by atoms with van der Waals surface area (Å²) >= 11 is 7.34. The summed E-state index contributed by atoms with van der Waals surface area (Å²) in [5.74, 6) is -0.557.